The van der Waals surface area contributed by atoms with Gasteiger partial charge in [-0.05, 0) is 43.9 Å². The summed E-state index contributed by atoms with van der Waals surface area (Å²) >= 11 is 0. The Balaban J connectivity index is 2.17. The number of amides is 1. The molecule has 0 bridgehead atoms. The fourth-order valence-corrected chi connectivity index (χ4v) is 3.57. The second kappa shape index (κ2) is 6.03. The van der Waals surface area contributed by atoms with Crippen molar-refractivity contribution in [1.82, 2.24) is 10.0 Å². The lowest BCUT2D eigenvalue weighted by atomic mass is 10.1. The maximum atomic E-state index is 12.4. The van der Waals surface area contributed by atoms with Crippen LogP contribution in [0.15, 0.2) is 23.1 Å². The van der Waals surface area contributed by atoms with E-state index in [4.69, 9.17) is 5.73 Å². The summed E-state index contributed by atoms with van der Waals surface area (Å²) in [7, 11) is -3.78. The quantitative estimate of drug-likeness (QED) is 0.676. The van der Waals surface area contributed by atoms with E-state index in [1.807, 2.05) is 6.92 Å². The number of hydrogen-bond acceptors (Lipinski definition) is 4. The number of hydrogen-bond donors (Lipinski definition) is 3. The molecule has 6 nitrogen and oxygen atoms in total. The zero-order chi connectivity index (χ0) is 15.6. The first kappa shape index (κ1) is 15.8. The summed E-state index contributed by atoms with van der Waals surface area (Å²) < 4.78 is 27.3. The van der Waals surface area contributed by atoms with Gasteiger partial charge in [0.2, 0.25) is 15.9 Å². The van der Waals surface area contributed by atoms with Crippen LogP contribution in [0.2, 0.25) is 0 Å². The number of aryl methyl sites for hydroxylation is 1. The van der Waals surface area contributed by atoms with Crippen LogP contribution in [0.4, 0.5) is 5.69 Å². The van der Waals surface area contributed by atoms with E-state index in [-0.39, 0.29) is 16.8 Å². The predicted molar refractivity (Wildman–Crippen MR) is 81.2 cm³/mol. The van der Waals surface area contributed by atoms with E-state index in [9.17, 15) is 13.2 Å². The van der Waals surface area contributed by atoms with Gasteiger partial charge in [-0.2, -0.15) is 4.72 Å². The molecule has 7 heteroatoms. The second-order valence-electron chi connectivity index (χ2n) is 5.35. The van der Waals surface area contributed by atoms with E-state index in [0.717, 1.165) is 12.8 Å². The molecule has 2 rings (SSSR count). The smallest absolute Gasteiger partial charge is 0.241 e. The van der Waals surface area contributed by atoms with Gasteiger partial charge in [0.15, 0.2) is 0 Å². The van der Waals surface area contributed by atoms with E-state index in [1.54, 1.807) is 12.1 Å². The Hall–Kier alpha value is -1.60. The summed E-state index contributed by atoms with van der Waals surface area (Å²) in [5, 5.41) is 2.78. The lowest BCUT2D eigenvalue weighted by molar-refractivity contribution is -0.122. The first-order chi connectivity index (χ1) is 9.83. The van der Waals surface area contributed by atoms with Gasteiger partial charge in [-0.3, -0.25) is 4.79 Å². The molecule has 1 saturated carbocycles. The normalized spacial score (nSPS) is 16.5. The highest BCUT2D eigenvalue weighted by Crippen LogP contribution is 2.21. The maximum Gasteiger partial charge on any atom is 0.241 e. The van der Waals surface area contributed by atoms with Gasteiger partial charge >= 0.3 is 0 Å². The molecule has 21 heavy (non-hydrogen) atoms. The minimum atomic E-state index is -3.78. The highest BCUT2D eigenvalue weighted by molar-refractivity contribution is 7.89. The third-order valence-corrected chi connectivity index (χ3v) is 5.03. The molecular formula is C14H21N3O3S. The number of nitrogens with two attached hydrogens (primary N) is 1. The Morgan fingerprint density at radius 1 is 1.43 bits per heavy atom. The van der Waals surface area contributed by atoms with E-state index < -0.39 is 16.1 Å². The molecule has 1 atom stereocenters. The standard InChI is InChI=1S/C14H21N3O3S/c1-3-10-4-5-11(15)8-13(10)21(19,20)17-9(2)14(18)16-12-6-7-12/h4-5,8-9,12,17H,3,6-7,15H2,1-2H3,(H,16,18). The van der Waals surface area contributed by atoms with Crippen molar-refractivity contribution in [1.29, 1.82) is 0 Å². The molecule has 1 aromatic rings. The molecule has 1 unspecified atom stereocenters. The topological polar surface area (TPSA) is 101 Å². The predicted octanol–water partition coefficient (Wildman–Crippen LogP) is 0.777. The first-order valence-corrected chi connectivity index (χ1v) is 8.53. The van der Waals surface area contributed by atoms with E-state index in [1.165, 1.54) is 13.0 Å². The third-order valence-electron chi connectivity index (χ3n) is 3.41. The van der Waals surface area contributed by atoms with E-state index >= 15 is 0 Å². The molecule has 0 aliphatic heterocycles. The van der Waals surface area contributed by atoms with Crippen molar-refractivity contribution in [3.63, 3.8) is 0 Å². The molecule has 1 aliphatic rings. The summed E-state index contributed by atoms with van der Waals surface area (Å²) in [6.07, 6.45) is 2.49. The van der Waals surface area contributed by atoms with Gasteiger partial charge in [0.25, 0.3) is 0 Å². The second-order valence-corrected chi connectivity index (χ2v) is 7.03. The largest absolute Gasteiger partial charge is 0.399 e. The van der Waals surface area contributed by atoms with Crippen molar-refractivity contribution in [2.75, 3.05) is 5.73 Å². The third kappa shape index (κ3) is 3.95. The number of benzene rings is 1. The van der Waals surface area contributed by atoms with Crippen LogP contribution in [-0.4, -0.2) is 26.4 Å². The number of carbonyl (C=O) groups is 1. The Labute approximate surface area is 125 Å². The fraction of sp³-hybridized carbons (Fsp3) is 0.500. The van der Waals surface area contributed by atoms with Gasteiger partial charge in [0, 0.05) is 11.7 Å². The molecule has 1 amide bonds. The lowest BCUT2D eigenvalue weighted by Crippen LogP contribution is -2.45. The van der Waals surface area contributed by atoms with Crippen LogP contribution in [-0.2, 0) is 21.2 Å². The Kier molecular flexibility index (Phi) is 4.53. The maximum absolute atomic E-state index is 12.4. The highest BCUT2D eigenvalue weighted by atomic mass is 32.2. The number of carbonyl (C=O) groups excluding carboxylic acids is 1. The van der Waals surface area contributed by atoms with Gasteiger partial charge in [0.05, 0.1) is 10.9 Å². The first-order valence-electron chi connectivity index (χ1n) is 7.04. The molecule has 0 radical (unpaired) electrons. The van der Waals surface area contributed by atoms with Crippen LogP contribution >= 0.6 is 0 Å². The number of anilines is 1. The number of sulfonamides is 1. The van der Waals surface area contributed by atoms with E-state index in [2.05, 4.69) is 10.0 Å². The number of nitrogen functional groups attached to an aromatic ring is 1. The Morgan fingerprint density at radius 2 is 2.10 bits per heavy atom. The van der Waals surface area contributed by atoms with Gasteiger partial charge < -0.3 is 11.1 Å². The SMILES string of the molecule is CCc1ccc(N)cc1S(=O)(=O)NC(C)C(=O)NC1CC1. The minimum Gasteiger partial charge on any atom is -0.399 e. The summed E-state index contributed by atoms with van der Waals surface area (Å²) in [6, 6.07) is 4.16. The van der Waals surface area contributed by atoms with Crippen LogP contribution in [0.3, 0.4) is 0 Å². The van der Waals surface area contributed by atoms with Gasteiger partial charge in [-0.1, -0.05) is 13.0 Å². The molecule has 0 heterocycles. The van der Waals surface area contributed by atoms with E-state index in [0.29, 0.717) is 17.7 Å². The number of rotatable bonds is 6. The zero-order valence-corrected chi connectivity index (χ0v) is 13.0. The highest BCUT2D eigenvalue weighted by Gasteiger charge is 2.28. The molecule has 1 fully saturated rings. The summed E-state index contributed by atoms with van der Waals surface area (Å²) in [6.45, 7) is 3.40. The van der Waals surface area contributed by atoms with Crippen LogP contribution in [0.5, 0.6) is 0 Å². The van der Waals surface area contributed by atoms with Crippen molar-refractivity contribution < 1.29 is 13.2 Å². The Bertz CT molecular complexity index is 639. The molecule has 0 spiro atoms. The van der Waals surface area contributed by atoms with Crippen molar-refractivity contribution in [3.8, 4) is 0 Å². The molecule has 4 N–H and O–H groups in total. The molecule has 0 saturated heterocycles. The van der Waals surface area contributed by atoms with Crippen LogP contribution in [0.1, 0.15) is 32.3 Å². The molecule has 1 aliphatic carbocycles. The van der Waals surface area contributed by atoms with Gasteiger partial charge in [-0.15, -0.1) is 0 Å². The lowest BCUT2D eigenvalue weighted by Gasteiger charge is -2.16. The summed E-state index contributed by atoms with van der Waals surface area (Å²) in [4.78, 5) is 12.0. The minimum absolute atomic E-state index is 0.135. The average molecular weight is 311 g/mol. The van der Waals surface area contributed by atoms with Crippen LogP contribution < -0.4 is 15.8 Å². The van der Waals surface area contributed by atoms with Crippen molar-refractivity contribution >= 4 is 21.6 Å². The van der Waals surface area contributed by atoms with Gasteiger partial charge in [-0.25, -0.2) is 8.42 Å². The monoisotopic (exact) mass is 311 g/mol. The molecule has 1 aromatic carbocycles. The zero-order valence-electron chi connectivity index (χ0n) is 12.2. The van der Waals surface area contributed by atoms with Crippen LogP contribution in [0.25, 0.3) is 0 Å². The summed E-state index contributed by atoms with van der Waals surface area (Å²) in [5.74, 6) is -0.303. The molecular weight excluding hydrogens is 290 g/mol. The van der Waals surface area contributed by atoms with Gasteiger partial charge in [0.1, 0.15) is 0 Å². The Morgan fingerprint density at radius 3 is 2.67 bits per heavy atom. The van der Waals surface area contributed by atoms with Crippen LogP contribution in [0, 0.1) is 0 Å². The molecule has 0 aromatic heterocycles. The van der Waals surface area contributed by atoms with Crippen molar-refractivity contribution in [2.24, 2.45) is 0 Å². The van der Waals surface area contributed by atoms with Crippen molar-refractivity contribution in [2.45, 2.75) is 50.1 Å². The molecule has 116 valence electrons. The van der Waals surface area contributed by atoms with Crippen molar-refractivity contribution in [3.05, 3.63) is 23.8 Å². The number of nitrogens with one attached hydrogen (secondary N) is 2. The fourth-order valence-electron chi connectivity index (χ4n) is 2.02. The average Bonchev–Trinajstić information content (AvgIpc) is 3.22. The summed E-state index contributed by atoms with van der Waals surface area (Å²) in [5.41, 5.74) is 6.72.